The van der Waals surface area contributed by atoms with Gasteiger partial charge >= 0.3 is 0 Å². The fourth-order valence-corrected chi connectivity index (χ4v) is 5.33. The molecule has 0 saturated carbocycles. The number of primary amides is 1. The molecule has 7 heteroatoms. The number of carbonyl (C=O) groups excluding carboxylic acids is 2. The molecule has 180 valence electrons. The van der Waals surface area contributed by atoms with Gasteiger partial charge in [-0.3, -0.25) is 14.7 Å². The smallest absolute Gasteiger partial charge is 0.253 e. The van der Waals surface area contributed by atoms with Crippen LogP contribution in [-0.4, -0.2) is 45.1 Å². The van der Waals surface area contributed by atoms with E-state index >= 15 is 0 Å². The van der Waals surface area contributed by atoms with Crippen LogP contribution in [0.3, 0.4) is 0 Å². The standard InChI is InChI=1S/C29H26N4O3/c30-28(35)20-11-13-33(14-12-20)29(36)21-7-10-24-22(15-21)16-25-26(31-32-27(24)25)19-3-1-17(2-4-19)18-5-8-23(34)9-6-18/h1-10,15,20,34H,11-14,16H2,(H2,30,35)(H,31,32). The van der Waals surface area contributed by atoms with Crippen LogP contribution in [-0.2, 0) is 11.2 Å². The summed E-state index contributed by atoms with van der Waals surface area (Å²) in [6, 6.07) is 21.3. The number of nitrogens with one attached hydrogen (secondary N) is 1. The van der Waals surface area contributed by atoms with E-state index in [1.807, 2.05) is 35.2 Å². The number of nitrogens with zero attached hydrogens (tertiary/aromatic N) is 2. The second kappa shape index (κ2) is 8.68. The van der Waals surface area contributed by atoms with Gasteiger partial charge in [-0.15, -0.1) is 0 Å². The van der Waals surface area contributed by atoms with E-state index in [1.54, 1.807) is 12.1 Å². The number of nitrogens with two attached hydrogens (primary N) is 1. The molecule has 1 aromatic heterocycles. The van der Waals surface area contributed by atoms with Gasteiger partial charge in [0, 0.05) is 47.7 Å². The third-order valence-corrected chi connectivity index (χ3v) is 7.40. The number of phenols is 1. The van der Waals surface area contributed by atoms with E-state index in [9.17, 15) is 14.7 Å². The highest BCUT2D eigenvalue weighted by Crippen LogP contribution is 2.41. The Balaban J connectivity index is 1.21. The lowest BCUT2D eigenvalue weighted by Crippen LogP contribution is -2.41. The first-order valence-corrected chi connectivity index (χ1v) is 12.2. The maximum atomic E-state index is 13.1. The summed E-state index contributed by atoms with van der Waals surface area (Å²) >= 11 is 0. The Hall–Kier alpha value is -4.39. The van der Waals surface area contributed by atoms with E-state index in [0.717, 1.165) is 44.8 Å². The van der Waals surface area contributed by atoms with E-state index in [4.69, 9.17) is 5.73 Å². The molecule has 2 heterocycles. The quantitative estimate of drug-likeness (QED) is 0.356. The Morgan fingerprint density at radius 2 is 1.56 bits per heavy atom. The molecule has 0 unspecified atom stereocenters. The van der Waals surface area contributed by atoms with Crippen molar-refractivity contribution in [2.75, 3.05) is 13.1 Å². The molecule has 1 fully saturated rings. The van der Waals surface area contributed by atoms with Crippen molar-refractivity contribution in [3.05, 3.63) is 83.4 Å². The number of H-pyrrole nitrogens is 1. The zero-order chi connectivity index (χ0) is 24.8. The van der Waals surface area contributed by atoms with Crippen molar-refractivity contribution in [3.63, 3.8) is 0 Å². The first-order chi connectivity index (χ1) is 17.5. The third kappa shape index (κ3) is 3.82. The maximum Gasteiger partial charge on any atom is 0.253 e. The van der Waals surface area contributed by atoms with Crippen molar-refractivity contribution in [1.82, 2.24) is 15.1 Å². The summed E-state index contributed by atoms with van der Waals surface area (Å²) in [7, 11) is 0. The zero-order valence-corrected chi connectivity index (χ0v) is 19.7. The summed E-state index contributed by atoms with van der Waals surface area (Å²) in [4.78, 5) is 26.4. The van der Waals surface area contributed by atoms with Crippen LogP contribution in [0.25, 0.3) is 33.6 Å². The molecule has 4 N–H and O–H groups in total. The molecule has 1 aliphatic carbocycles. The van der Waals surface area contributed by atoms with Gasteiger partial charge in [-0.1, -0.05) is 42.5 Å². The lowest BCUT2D eigenvalue weighted by molar-refractivity contribution is -0.123. The fourth-order valence-electron chi connectivity index (χ4n) is 5.33. The van der Waals surface area contributed by atoms with Gasteiger partial charge in [0.05, 0.1) is 11.4 Å². The number of likely N-dealkylation sites (tertiary alicyclic amines) is 1. The van der Waals surface area contributed by atoms with Crippen LogP contribution in [0.1, 0.15) is 34.3 Å². The SMILES string of the molecule is NC(=O)C1CCN(C(=O)c2ccc3c(c2)Cc2c(-c4ccc(-c5ccc(O)cc5)cc4)n[nH]c2-3)CC1. The molecule has 6 rings (SSSR count). The lowest BCUT2D eigenvalue weighted by atomic mass is 9.95. The molecule has 0 bridgehead atoms. The summed E-state index contributed by atoms with van der Waals surface area (Å²) in [6.07, 6.45) is 1.95. The number of piperidine rings is 1. The minimum atomic E-state index is -0.278. The van der Waals surface area contributed by atoms with E-state index in [0.29, 0.717) is 37.9 Å². The number of carbonyl (C=O) groups is 2. The molecule has 4 aromatic rings. The molecule has 7 nitrogen and oxygen atoms in total. The van der Waals surface area contributed by atoms with Gasteiger partial charge in [0.1, 0.15) is 5.75 Å². The number of hydrogen-bond acceptors (Lipinski definition) is 4. The first-order valence-electron chi connectivity index (χ1n) is 12.2. The van der Waals surface area contributed by atoms with Gasteiger partial charge in [0.25, 0.3) is 5.91 Å². The van der Waals surface area contributed by atoms with Gasteiger partial charge in [-0.05, 0) is 53.8 Å². The first kappa shape index (κ1) is 22.1. The largest absolute Gasteiger partial charge is 0.508 e. The van der Waals surface area contributed by atoms with Crippen LogP contribution < -0.4 is 5.73 Å². The highest BCUT2D eigenvalue weighted by molar-refractivity contribution is 5.96. The molecule has 36 heavy (non-hydrogen) atoms. The van der Waals surface area contributed by atoms with Gasteiger partial charge in [-0.25, -0.2) is 0 Å². The highest BCUT2D eigenvalue weighted by atomic mass is 16.3. The maximum absolute atomic E-state index is 13.1. The second-order valence-electron chi connectivity index (χ2n) is 9.57. The van der Waals surface area contributed by atoms with Crippen LogP contribution in [0.5, 0.6) is 5.75 Å². The summed E-state index contributed by atoms with van der Waals surface area (Å²) in [6.45, 7) is 1.10. The number of hydrogen-bond donors (Lipinski definition) is 3. The number of aromatic hydroxyl groups is 1. The van der Waals surface area contributed by atoms with Crippen molar-refractivity contribution in [2.24, 2.45) is 11.7 Å². The number of rotatable bonds is 4. The fraction of sp³-hybridized carbons (Fsp3) is 0.207. The van der Waals surface area contributed by atoms with E-state index in [2.05, 4.69) is 34.5 Å². The molecular weight excluding hydrogens is 452 g/mol. The third-order valence-electron chi connectivity index (χ3n) is 7.40. The molecule has 0 radical (unpaired) electrons. The lowest BCUT2D eigenvalue weighted by Gasteiger charge is -2.30. The monoisotopic (exact) mass is 478 g/mol. The van der Waals surface area contributed by atoms with E-state index in [1.165, 1.54) is 0 Å². The predicted octanol–water partition coefficient (Wildman–Crippen LogP) is 4.36. The molecule has 2 amide bonds. The summed E-state index contributed by atoms with van der Waals surface area (Å²) in [5.74, 6) is -0.167. The van der Waals surface area contributed by atoms with Crippen LogP contribution in [0, 0.1) is 5.92 Å². The van der Waals surface area contributed by atoms with Gasteiger partial charge < -0.3 is 15.7 Å². The summed E-state index contributed by atoms with van der Waals surface area (Å²) in [5, 5.41) is 17.3. The molecule has 0 spiro atoms. The van der Waals surface area contributed by atoms with Crippen LogP contribution >= 0.6 is 0 Å². The molecular formula is C29H26N4O3. The molecule has 0 atom stereocenters. The van der Waals surface area contributed by atoms with Crippen LogP contribution in [0.4, 0.5) is 0 Å². The normalized spacial score (nSPS) is 14.9. The topological polar surface area (TPSA) is 112 Å². The number of benzene rings is 3. The molecule has 2 aliphatic rings. The minimum Gasteiger partial charge on any atom is -0.508 e. The van der Waals surface area contributed by atoms with Crippen molar-refractivity contribution < 1.29 is 14.7 Å². The Labute approximate surface area is 208 Å². The Morgan fingerprint density at radius 1 is 0.917 bits per heavy atom. The van der Waals surface area contributed by atoms with Crippen molar-refractivity contribution in [1.29, 1.82) is 0 Å². The highest BCUT2D eigenvalue weighted by Gasteiger charge is 2.29. The summed E-state index contributed by atoms with van der Waals surface area (Å²) < 4.78 is 0. The number of amides is 2. The van der Waals surface area contributed by atoms with Crippen LogP contribution in [0.2, 0.25) is 0 Å². The average molecular weight is 479 g/mol. The number of phenolic OH excluding ortho intramolecular Hbond substituents is 1. The molecule has 1 saturated heterocycles. The summed E-state index contributed by atoms with van der Waals surface area (Å²) in [5.41, 5.74) is 14.5. The number of aromatic amines is 1. The minimum absolute atomic E-state index is 0.000510. The van der Waals surface area contributed by atoms with Gasteiger partial charge in [0.15, 0.2) is 0 Å². The van der Waals surface area contributed by atoms with Gasteiger partial charge in [-0.2, -0.15) is 5.10 Å². The second-order valence-corrected chi connectivity index (χ2v) is 9.57. The Morgan fingerprint density at radius 3 is 2.22 bits per heavy atom. The number of aromatic nitrogens is 2. The molecule has 1 aliphatic heterocycles. The average Bonchev–Trinajstić information content (AvgIpc) is 3.48. The van der Waals surface area contributed by atoms with Crippen LogP contribution in [0.15, 0.2) is 66.7 Å². The number of fused-ring (bicyclic) bond motifs is 3. The van der Waals surface area contributed by atoms with E-state index in [-0.39, 0.29) is 23.5 Å². The molecule has 3 aromatic carbocycles. The van der Waals surface area contributed by atoms with Crippen molar-refractivity contribution in [2.45, 2.75) is 19.3 Å². The Bertz CT molecular complexity index is 1460. The predicted molar refractivity (Wildman–Crippen MR) is 137 cm³/mol. The van der Waals surface area contributed by atoms with Crippen molar-refractivity contribution >= 4 is 11.8 Å². The Kier molecular flexibility index (Phi) is 5.33. The van der Waals surface area contributed by atoms with E-state index < -0.39 is 0 Å². The zero-order valence-electron chi connectivity index (χ0n) is 19.7. The van der Waals surface area contributed by atoms with Crippen molar-refractivity contribution in [3.8, 4) is 39.4 Å². The van der Waals surface area contributed by atoms with Gasteiger partial charge in [0.2, 0.25) is 5.91 Å².